The molecule has 2 fully saturated rings. The second-order valence-electron chi connectivity index (χ2n) is 5.35. The molecule has 1 aromatic rings. The van der Waals surface area contributed by atoms with Gasteiger partial charge in [-0.15, -0.1) is 11.8 Å². The molecule has 1 saturated carbocycles. The smallest absolute Gasteiger partial charge is 0.232 e. The van der Waals surface area contributed by atoms with Gasteiger partial charge in [-0.2, -0.15) is 8.75 Å². The topological polar surface area (TPSA) is 49.3 Å². The van der Waals surface area contributed by atoms with E-state index in [0.717, 1.165) is 37.2 Å². The molecule has 0 spiro atoms. The summed E-state index contributed by atoms with van der Waals surface area (Å²) in [6, 6.07) is 0. The summed E-state index contributed by atoms with van der Waals surface area (Å²) in [5.74, 6) is 1.91. The predicted octanol–water partition coefficient (Wildman–Crippen LogP) is 1.86. The van der Waals surface area contributed by atoms with Crippen LogP contribution < -0.4 is 4.90 Å². The molecule has 1 aliphatic heterocycles. The number of hydrogen-bond acceptors (Lipinski definition) is 6. The van der Waals surface area contributed by atoms with Crippen LogP contribution in [0.1, 0.15) is 25.7 Å². The number of aromatic nitrogens is 2. The molecule has 0 aromatic carbocycles. The fourth-order valence-electron chi connectivity index (χ4n) is 2.82. The van der Waals surface area contributed by atoms with E-state index in [4.69, 9.17) is 0 Å². The van der Waals surface area contributed by atoms with E-state index in [2.05, 4.69) is 13.6 Å². The highest BCUT2D eigenvalue weighted by Gasteiger charge is 2.23. The fraction of sp³-hybridized carbons (Fsp3) is 0.769. The summed E-state index contributed by atoms with van der Waals surface area (Å²) in [6.45, 7) is 3.35. The number of rotatable bonds is 4. The van der Waals surface area contributed by atoms with Crippen molar-refractivity contribution in [2.24, 2.45) is 0 Å². The van der Waals surface area contributed by atoms with Gasteiger partial charge in [0.05, 0.1) is 23.7 Å². The number of piperazine rings is 1. The Balaban J connectivity index is 1.42. The van der Waals surface area contributed by atoms with E-state index in [1.165, 1.54) is 37.4 Å². The number of hydrogen-bond donors (Lipinski definition) is 0. The Morgan fingerprint density at radius 1 is 1.30 bits per heavy atom. The molecule has 1 aromatic heterocycles. The van der Waals surface area contributed by atoms with Crippen LogP contribution in [0.4, 0.5) is 5.82 Å². The van der Waals surface area contributed by atoms with E-state index in [0.29, 0.717) is 11.7 Å². The van der Waals surface area contributed by atoms with Crippen LogP contribution in [-0.4, -0.2) is 56.7 Å². The van der Waals surface area contributed by atoms with Crippen LogP contribution in [0.15, 0.2) is 6.20 Å². The Labute approximate surface area is 128 Å². The zero-order chi connectivity index (χ0) is 13.8. The van der Waals surface area contributed by atoms with E-state index >= 15 is 0 Å². The molecule has 1 amide bonds. The lowest BCUT2D eigenvalue weighted by Gasteiger charge is -2.34. The lowest BCUT2D eigenvalue weighted by molar-refractivity contribution is -0.128. The maximum Gasteiger partial charge on any atom is 0.232 e. The van der Waals surface area contributed by atoms with Crippen molar-refractivity contribution in [2.45, 2.75) is 30.9 Å². The normalized spacial score (nSPS) is 20.6. The third-order valence-electron chi connectivity index (χ3n) is 4.05. The van der Waals surface area contributed by atoms with Crippen LogP contribution in [-0.2, 0) is 4.79 Å². The van der Waals surface area contributed by atoms with Gasteiger partial charge in [-0.05, 0) is 12.8 Å². The molecule has 20 heavy (non-hydrogen) atoms. The van der Waals surface area contributed by atoms with Crippen molar-refractivity contribution in [1.29, 1.82) is 0 Å². The van der Waals surface area contributed by atoms with Crippen LogP contribution in [0, 0.1) is 0 Å². The van der Waals surface area contributed by atoms with Crippen LogP contribution in [0.5, 0.6) is 0 Å². The molecule has 0 atom stereocenters. The van der Waals surface area contributed by atoms with Crippen molar-refractivity contribution >= 4 is 35.2 Å². The Kier molecular flexibility index (Phi) is 4.77. The molecular formula is C13H20N4OS2. The number of thioether (sulfide) groups is 1. The number of carbonyl (C=O) groups excluding carboxylic acids is 1. The first-order valence-electron chi connectivity index (χ1n) is 7.25. The van der Waals surface area contributed by atoms with Crippen molar-refractivity contribution in [3.63, 3.8) is 0 Å². The van der Waals surface area contributed by atoms with Gasteiger partial charge in [0.1, 0.15) is 0 Å². The fourth-order valence-corrected chi connectivity index (χ4v) is 4.48. The molecule has 5 nitrogen and oxygen atoms in total. The number of nitrogens with zero attached hydrogens (tertiary/aromatic N) is 4. The van der Waals surface area contributed by atoms with Crippen molar-refractivity contribution in [1.82, 2.24) is 13.6 Å². The molecule has 0 radical (unpaired) electrons. The summed E-state index contributed by atoms with van der Waals surface area (Å²) in [7, 11) is 0. The summed E-state index contributed by atoms with van der Waals surface area (Å²) in [4.78, 5) is 16.4. The second kappa shape index (κ2) is 6.76. The molecular weight excluding hydrogens is 292 g/mol. The molecule has 7 heteroatoms. The highest BCUT2D eigenvalue weighted by molar-refractivity contribution is 8.00. The zero-order valence-corrected chi connectivity index (χ0v) is 13.2. The highest BCUT2D eigenvalue weighted by Crippen LogP contribution is 2.29. The summed E-state index contributed by atoms with van der Waals surface area (Å²) in [5.41, 5.74) is 0. The van der Waals surface area contributed by atoms with Gasteiger partial charge in [0.2, 0.25) is 5.91 Å². The Morgan fingerprint density at radius 2 is 2.05 bits per heavy atom. The first-order valence-corrected chi connectivity index (χ1v) is 9.03. The van der Waals surface area contributed by atoms with Gasteiger partial charge >= 0.3 is 0 Å². The SMILES string of the molecule is O=C(CSC1CCCC1)N1CCN(c2cnsn2)CC1. The lowest BCUT2D eigenvalue weighted by atomic mass is 10.3. The first kappa shape index (κ1) is 14.1. The van der Waals surface area contributed by atoms with Crippen molar-refractivity contribution in [3.05, 3.63) is 6.20 Å². The molecule has 1 aliphatic carbocycles. The maximum atomic E-state index is 12.2. The Hall–Kier alpha value is -0.820. The third-order valence-corrected chi connectivity index (χ3v) is 5.88. The first-order chi connectivity index (χ1) is 9.83. The second-order valence-corrected chi connectivity index (χ2v) is 7.20. The largest absolute Gasteiger partial charge is 0.351 e. The van der Waals surface area contributed by atoms with E-state index in [1.54, 1.807) is 6.20 Å². The Morgan fingerprint density at radius 3 is 2.70 bits per heavy atom. The average molecular weight is 312 g/mol. The molecule has 2 heterocycles. The minimum absolute atomic E-state index is 0.304. The van der Waals surface area contributed by atoms with Crippen molar-refractivity contribution in [2.75, 3.05) is 36.8 Å². The Bertz CT molecular complexity index is 426. The molecule has 1 saturated heterocycles. The van der Waals surface area contributed by atoms with Crippen LogP contribution in [0.3, 0.4) is 0 Å². The number of amides is 1. The van der Waals surface area contributed by atoms with Gasteiger partial charge in [0, 0.05) is 31.4 Å². The predicted molar refractivity (Wildman–Crippen MR) is 83.4 cm³/mol. The summed E-state index contributed by atoms with van der Waals surface area (Å²) < 4.78 is 8.28. The molecule has 0 unspecified atom stereocenters. The van der Waals surface area contributed by atoms with Crippen LogP contribution in [0.25, 0.3) is 0 Å². The van der Waals surface area contributed by atoms with E-state index in [-0.39, 0.29) is 0 Å². The van der Waals surface area contributed by atoms with Crippen LogP contribution >= 0.6 is 23.5 Å². The molecule has 3 rings (SSSR count). The van der Waals surface area contributed by atoms with E-state index in [9.17, 15) is 4.79 Å². The summed E-state index contributed by atoms with van der Waals surface area (Å²) >= 11 is 3.10. The van der Waals surface area contributed by atoms with Gasteiger partial charge in [-0.25, -0.2) is 0 Å². The zero-order valence-electron chi connectivity index (χ0n) is 11.5. The molecule has 2 aliphatic rings. The molecule has 0 N–H and O–H groups in total. The number of carbonyl (C=O) groups is 1. The average Bonchev–Trinajstić information content (AvgIpc) is 3.18. The van der Waals surface area contributed by atoms with Crippen molar-refractivity contribution < 1.29 is 4.79 Å². The van der Waals surface area contributed by atoms with E-state index < -0.39 is 0 Å². The standard InChI is InChI=1S/C13H20N4OS2/c18-13(10-19-11-3-1-2-4-11)17-7-5-16(6-8-17)12-9-14-20-15-12/h9,11H,1-8,10H2. The van der Waals surface area contributed by atoms with Crippen molar-refractivity contribution in [3.8, 4) is 0 Å². The highest BCUT2D eigenvalue weighted by atomic mass is 32.2. The minimum atomic E-state index is 0.304. The summed E-state index contributed by atoms with van der Waals surface area (Å²) in [6.07, 6.45) is 7.07. The maximum absolute atomic E-state index is 12.2. The molecule has 0 bridgehead atoms. The molecule has 110 valence electrons. The van der Waals surface area contributed by atoms with Crippen LogP contribution in [0.2, 0.25) is 0 Å². The summed E-state index contributed by atoms with van der Waals surface area (Å²) in [5, 5.41) is 0.723. The lowest BCUT2D eigenvalue weighted by Crippen LogP contribution is -2.49. The quantitative estimate of drug-likeness (QED) is 0.849. The van der Waals surface area contributed by atoms with Gasteiger partial charge < -0.3 is 9.80 Å². The van der Waals surface area contributed by atoms with Gasteiger partial charge in [0.15, 0.2) is 5.82 Å². The van der Waals surface area contributed by atoms with Gasteiger partial charge in [-0.3, -0.25) is 4.79 Å². The number of anilines is 1. The minimum Gasteiger partial charge on any atom is -0.351 e. The van der Waals surface area contributed by atoms with Gasteiger partial charge in [-0.1, -0.05) is 12.8 Å². The van der Waals surface area contributed by atoms with Gasteiger partial charge in [0.25, 0.3) is 0 Å². The third kappa shape index (κ3) is 3.44. The van der Waals surface area contributed by atoms with E-state index in [1.807, 2.05) is 16.7 Å². The monoisotopic (exact) mass is 312 g/mol.